The molecule has 2 N–H and O–H groups in total. The standard InChI is InChI=1S/C25H23N3O2/c1-17-4-7-22(16-27-17)25(30)26-14-2-3-18-5-8-19(9-6-18)20-10-12-23-21(15-20)11-13-24(29)28-23/h4-13,15-16H,2-3,14H2,1H3,(H,26,30)(H,28,29). The molecule has 0 unspecified atom stereocenters. The Morgan fingerprint density at radius 2 is 1.77 bits per heavy atom. The van der Waals surface area contributed by atoms with Gasteiger partial charge in [0.15, 0.2) is 0 Å². The highest BCUT2D eigenvalue weighted by Crippen LogP contribution is 2.23. The third-order valence-electron chi connectivity index (χ3n) is 5.11. The van der Waals surface area contributed by atoms with Crippen molar-refractivity contribution in [3.8, 4) is 11.1 Å². The van der Waals surface area contributed by atoms with Crippen LogP contribution in [0.15, 0.2) is 77.7 Å². The fraction of sp³-hybridized carbons (Fsp3) is 0.160. The van der Waals surface area contributed by atoms with E-state index in [0.29, 0.717) is 12.1 Å². The van der Waals surface area contributed by atoms with E-state index in [1.54, 1.807) is 18.3 Å². The highest BCUT2D eigenvalue weighted by molar-refractivity contribution is 5.93. The molecule has 0 aliphatic rings. The number of rotatable bonds is 6. The van der Waals surface area contributed by atoms with Crippen molar-refractivity contribution in [2.75, 3.05) is 6.54 Å². The van der Waals surface area contributed by atoms with Gasteiger partial charge in [-0.15, -0.1) is 0 Å². The summed E-state index contributed by atoms with van der Waals surface area (Å²) in [5, 5.41) is 3.95. The number of hydrogen-bond acceptors (Lipinski definition) is 3. The molecule has 2 aromatic heterocycles. The van der Waals surface area contributed by atoms with Gasteiger partial charge in [0.1, 0.15) is 0 Å². The van der Waals surface area contributed by atoms with Gasteiger partial charge in [0.05, 0.1) is 5.56 Å². The van der Waals surface area contributed by atoms with Crippen LogP contribution < -0.4 is 10.9 Å². The molecule has 0 aliphatic heterocycles. The van der Waals surface area contributed by atoms with Crippen molar-refractivity contribution in [2.24, 2.45) is 0 Å². The Bertz CT molecular complexity index is 1230. The van der Waals surface area contributed by atoms with Crippen LogP contribution in [0.1, 0.15) is 28.0 Å². The molecule has 0 fully saturated rings. The molecule has 0 spiro atoms. The Labute approximate surface area is 174 Å². The van der Waals surface area contributed by atoms with Gasteiger partial charge in [0, 0.05) is 30.0 Å². The Morgan fingerprint density at radius 1 is 0.967 bits per heavy atom. The second-order valence-corrected chi connectivity index (χ2v) is 7.37. The van der Waals surface area contributed by atoms with Crippen LogP contribution in [-0.4, -0.2) is 22.4 Å². The van der Waals surface area contributed by atoms with Crippen LogP contribution in [0.2, 0.25) is 0 Å². The summed E-state index contributed by atoms with van der Waals surface area (Å²) in [6.45, 7) is 2.52. The van der Waals surface area contributed by atoms with E-state index in [1.165, 1.54) is 5.56 Å². The second kappa shape index (κ2) is 8.74. The lowest BCUT2D eigenvalue weighted by molar-refractivity contribution is 0.0953. The number of hydrogen-bond donors (Lipinski definition) is 2. The summed E-state index contributed by atoms with van der Waals surface area (Å²) in [5.41, 5.74) is 5.71. The SMILES string of the molecule is Cc1ccc(C(=O)NCCCc2ccc(-c3ccc4[nH]c(=O)ccc4c3)cc2)cn1. The van der Waals surface area contributed by atoms with E-state index in [9.17, 15) is 9.59 Å². The van der Waals surface area contributed by atoms with Gasteiger partial charge in [-0.05, 0) is 72.2 Å². The van der Waals surface area contributed by atoms with E-state index in [1.807, 2.05) is 31.2 Å². The highest BCUT2D eigenvalue weighted by Gasteiger charge is 2.05. The van der Waals surface area contributed by atoms with Crippen LogP contribution in [0, 0.1) is 6.92 Å². The summed E-state index contributed by atoms with van der Waals surface area (Å²) in [5.74, 6) is -0.0875. The number of nitrogens with one attached hydrogen (secondary N) is 2. The molecule has 0 aliphatic carbocycles. The number of fused-ring (bicyclic) bond motifs is 1. The number of carbonyl (C=O) groups is 1. The first-order valence-corrected chi connectivity index (χ1v) is 10.0. The molecule has 4 rings (SSSR count). The van der Waals surface area contributed by atoms with Crippen molar-refractivity contribution in [3.63, 3.8) is 0 Å². The fourth-order valence-corrected chi connectivity index (χ4v) is 3.40. The molecular formula is C25H23N3O2. The predicted octanol–water partition coefficient (Wildman–Crippen LogP) is 4.26. The minimum absolute atomic E-state index is 0.0875. The number of amides is 1. The zero-order valence-electron chi connectivity index (χ0n) is 16.8. The van der Waals surface area contributed by atoms with Crippen LogP contribution in [0.25, 0.3) is 22.0 Å². The van der Waals surface area contributed by atoms with E-state index in [0.717, 1.165) is 40.6 Å². The Morgan fingerprint density at radius 3 is 2.53 bits per heavy atom. The Kier molecular flexibility index (Phi) is 5.70. The zero-order chi connectivity index (χ0) is 20.9. The summed E-state index contributed by atoms with van der Waals surface area (Å²) in [6, 6.07) is 21.5. The molecule has 0 saturated carbocycles. The fourth-order valence-electron chi connectivity index (χ4n) is 3.40. The maximum absolute atomic E-state index is 12.1. The minimum atomic E-state index is -0.0914. The molecule has 150 valence electrons. The third kappa shape index (κ3) is 4.63. The number of carbonyl (C=O) groups excluding carboxylic acids is 1. The average molecular weight is 397 g/mol. The molecule has 0 atom stereocenters. The van der Waals surface area contributed by atoms with Crippen LogP contribution in [0.3, 0.4) is 0 Å². The van der Waals surface area contributed by atoms with Crippen LogP contribution in [0.4, 0.5) is 0 Å². The summed E-state index contributed by atoms with van der Waals surface area (Å²) in [7, 11) is 0. The monoisotopic (exact) mass is 397 g/mol. The first-order chi connectivity index (χ1) is 14.6. The quantitative estimate of drug-likeness (QED) is 0.477. The molecule has 2 heterocycles. The number of aryl methyl sites for hydroxylation is 2. The summed E-state index contributed by atoms with van der Waals surface area (Å²) >= 11 is 0. The van der Waals surface area contributed by atoms with Crippen molar-refractivity contribution in [3.05, 3.63) is 100 Å². The van der Waals surface area contributed by atoms with Gasteiger partial charge in [-0.25, -0.2) is 0 Å². The number of nitrogens with zero attached hydrogens (tertiary/aromatic N) is 1. The molecule has 0 radical (unpaired) electrons. The lowest BCUT2D eigenvalue weighted by Crippen LogP contribution is -2.24. The number of H-pyrrole nitrogens is 1. The van der Waals surface area contributed by atoms with E-state index < -0.39 is 0 Å². The molecule has 1 amide bonds. The predicted molar refractivity (Wildman–Crippen MR) is 120 cm³/mol. The van der Waals surface area contributed by atoms with Crippen molar-refractivity contribution in [1.82, 2.24) is 15.3 Å². The second-order valence-electron chi connectivity index (χ2n) is 7.37. The zero-order valence-corrected chi connectivity index (χ0v) is 16.8. The maximum Gasteiger partial charge on any atom is 0.252 e. The largest absolute Gasteiger partial charge is 0.352 e. The molecule has 0 saturated heterocycles. The molecule has 5 nitrogen and oxygen atoms in total. The third-order valence-corrected chi connectivity index (χ3v) is 5.11. The van der Waals surface area contributed by atoms with Crippen molar-refractivity contribution >= 4 is 16.8 Å². The molecule has 5 heteroatoms. The average Bonchev–Trinajstić information content (AvgIpc) is 2.77. The van der Waals surface area contributed by atoms with Crippen molar-refractivity contribution in [2.45, 2.75) is 19.8 Å². The van der Waals surface area contributed by atoms with E-state index in [4.69, 9.17) is 0 Å². The first-order valence-electron chi connectivity index (χ1n) is 10.0. The number of aromatic nitrogens is 2. The lowest BCUT2D eigenvalue weighted by Gasteiger charge is -2.07. The highest BCUT2D eigenvalue weighted by atomic mass is 16.1. The summed E-state index contributed by atoms with van der Waals surface area (Å²) < 4.78 is 0. The number of aromatic amines is 1. The van der Waals surface area contributed by atoms with Crippen LogP contribution in [0.5, 0.6) is 0 Å². The van der Waals surface area contributed by atoms with Crippen molar-refractivity contribution in [1.29, 1.82) is 0 Å². The van der Waals surface area contributed by atoms with Gasteiger partial charge >= 0.3 is 0 Å². The topological polar surface area (TPSA) is 74.8 Å². The molecular weight excluding hydrogens is 374 g/mol. The van der Waals surface area contributed by atoms with Crippen molar-refractivity contribution < 1.29 is 4.79 Å². The summed E-state index contributed by atoms with van der Waals surface area (Å²) in [6.07, 6.45) is 3.37. The summed E-state index contributed by atoms with van der Waals surface area (Å²) in [4.78, 5) is 30.5. The van der Waals surface area contributed by atoms with Gasteiger partial charge in [-0.2, -0.15) is 0 Å². The first kappa shape index (κ1) is 19.6. The molecule has 30 heavy (non-hydrogen) atoms. The van der Waals surface area contributed by atoms with Gasteiger partial charge < -0.3 is 10.3 Å². The van der Waals surface area contributed by atoms with Crippen LogP contribution >= 0.6 is 0 Å². The van der Waals surface area contributed by atoms with E-state index >= 15 is 0 Å². The van der Waals surface area contributed by atoms with E-state index in [2.05, 4.69) is 45.6 Å². The Hall–Kier alpha value is -3.73. The van der Waals surface area contributed by atoms with Crippen LogP contribution in [-0.2, 0) is 6.42 Å². The molecule has 2 aromatic carbocycles. The number of benzene rings is 2. The lowest BCUT2D eigenvalue weighted by atomic mass is 10.0. The maximum atomic E-state index is 12.1. The smallest absolute Gasteiger partial charge is 0.252 e. The van der Waals surface area contributed by atoms with Gasteiger partial charge in [-0.3, -0.25) is 14.6 Å². The molecule has 4 aromatic rings. The minimum Gasteiger partial charge on any atom is -0.352 e. The number of pyridine rings is 2. The normalized spacial score (nSPS) is 10.8. The van der Waals surface area contributed by atoms with Gasteiger partial charge in [0.2, 0.25) is 5.56 Å². The Balaban J connectivity index is 1.32. The van der Waals surface area contributed by atoms with Gasteiger partial charge in [0.25, 0.3) is 5.91 Å². The van der Waals surface area contributed by atoms with E-state index in [-0.39, 0.29) is 11.5 Å². The van der Waals surface area contributed by atoms with Gasteiger partial charge in [-0.1, -0.05) is 30.3 Å². The molecule has 0 bridgehead atoms.